The van der Waals surface area contributed by atoms with Gasteiger partial charge in [-0.25, -0.2) is 4.39 Å². The Bertz CT molecular complexity index is 1020. The van der Waals surface area contributed by atoms with E-state index in [1.165, 1.54) is 17.7 Å². The van der Waals surface area contributed by atoms with Crippen LogP contribution in [0.15, 0.2) is 54.6 Å². The Morgan fingerprint density at radius 2 is 1.86 bits per heavy atom. The number of carbonyl (C=O) groups excluding carboxylic acids is 1. The standard InChI is InChI=1S/C24H26FN3O/c1-18-21(22-16-20(25)9-10-23(22)26-18)17-24(29)28-14-12-27(13-15-28)11-5-8-19-6-3-2-4-7-19/h2-10,16,26H,11-15,17H2,1H3/b8-5+. The second kappa shape index (κ2) is 8.62. The summed E-state index contributed by atoms with van der Waals surface area (Å²) in [5, 5.41) is 0.806. The third-order valence-electron chi connectivity index (χ3n) is 5.61. The van der Waals surface area contributed by atoms with E-state index < -0.39 is 0 Å². The first-order valence-corrected chi connectivity index (χ1v) is 10.1. The summed E-state index contributed by atoms with van der Waals surface area (Å²) in [5.41, 5.74) is 3.91. The fourth-order valence-corrected chi connectivity index (χ4v) is 3.93. The lowest BCUT2D eigenvalue weighted by molar-refractivity contribution is -0.132. The summed E-state index contributed by atoms with van der Waals surface area (Å²) in [5.74, 6) is -0.167. The molecule has 2 heterocycles. The number of hydrogen-bond donors (Lipinski definition) is 1. The number of piperazine rings is 1. The molecule has 4 nitrogen and oxygen atoms in total. The Hall–Kier alpha value is -2.92. The maximum absolute atomic E-state index is 13.7. The predicted octanol–water partition coefficient (Wildman–Crippen LogP) is 4.02. The number of fused-ring (bicyclic) bond motifs is 1. The van der Waals surface area contributed by atoms with Crippen molar-refractivity contribution in [2.45, 2.75) is 13.3 Å². The smallest absolute Gasteiger partial charge is 0.227 e. The summed E-state index contributed by atoms with van der Waals surface area (Å²) in [6.07, 6.45) is 4.62. The van der Waals surface area contributed by atoms with Crippen LogP contribution in [0.25, 0.3) is 17.0 Å². The molecule has 0 aliphatic carbocycles. The molecule has 2 aromatic carbocycles. The number of aromatic nitrogens is 1. The van der Waals surface area contributed by atoms with Gasteiger partial charge in [0, 0.05) is 49.3 Å². The molecule has 29 heavy (non-hydrogen) atoms. The quantitative estimate of drug-likeness (QED) is 0.714. The summed E-state index contributed by atoms with van der Waals surface area (Å²) in [6.45, 7) is 6.02. The number of aryl methyl sites for hydroxylation is 1. The Morgan fingerprint density at radius 3 is 2.62 bits per heavy atom. The van der Waals surface area contributed by atoms with Crippen LogP contribution in [0.5, 0.6) is 0 Å². The minimum Gasteiger partial charge on any atom is -0.358 e. The van der Waals surface area contributed by atoms with Crippen LogP contribution in [0.2, 0.25) is 0 Å². The van der Waals surface area contributed by atoms with Crippen LogP contribution in [0.4, 0.5) is 4.39 Å². The highest BCUT2D eigenvalue weighted by atomic mass is 19.1. The van der Waals surface area contributed by atoms with Crippen molar-refractivity contribution < 1.29 is 9.18 Å². The van der Waals surface area contributed by atoms with E-state index in [9.17, 15) is 9.18 Å². The van der Waals surface area contributed by atoms with Crippen molar-refractivity contribution in [3.05, 3.63) is 77.2 Å². The fourth-order valence-electron chi connectivity index (χ4n) is 3.93. The van der Waals surface area contributed by atoms with Gasteiger partial charge in [-0.15, -0.1) is 0 Å². The van der Waals surface area contributed by atoms with Crippen molar-refractivity contribution in [1.29, 1.82) is 0 Å². The summed E-state index contributed by atoms with van der Waals surface area (Å²) < 4.78 is 13.7. The van der Waals surface area contributed by atoms with Crippen LogP contribution >= 0.6 is 0 Å². The van der Waals surface area contributed by atoms with Crippen molar-refractivity contribution in [2.24, 2.45) is 0 Å². The average molecular weight is 391 g/mol. The Balaban J connectivity index is 1.32. The van der Waals surface area contributed by atoms with E-state index in [2.05, 4.69) is 34.2 Å². The van der Waals surface area contributed by atoms with E-state index in [1.54, 1.807) is 6.07 Å². The zero-order valence-electron chi connectivity index (χ0n) is 16.7. The van der Waals surface area contributed by atoms with Crippen LogP contribution in [-0.4, -0.2) is 53.4 Å². The molecular weight excluding hydrogens is 365 g/mol. The number of carbonyl (C=O) groups is 1. The van der Waals surface area contributed by atoms with Crippen molar-refractivity contribution in [2.75, 3.05) is 32.7 Å². The van der Waals surface area contributed by atoms with E-state index in [0.717, 1.165) is 54.9 Å². The fraction of sp³-hybridized carbons (Fsp3) is 0.292. The van der Waals surface area contributed by atoms with Crippen LogP contribution in [-0.2, 0) is 11.2 Å². The van der Waals surface area contributed by atoms with E-state index in [-0.39, 0.29) is 11.7 Å². The molecule has 5 heteroatoms. The molecule has 1 aliphatic heterocycles. The van der Waals surface area contributed by atoms with Crippen LogP contribution in [0.3, 0.4) is 0 Å². The van der Waals surface area contributed by atoms with E-state index in [1.807, 2.05) is 30.0 Å². The lowest BCUT2D eigenvalue weighted by Gasteiger charge is -2.34. The number of hydrogen-bond acceptors (Lipinski definition) is 2. The normalized spacial score (nSPS) is 15.4. The van der Waals surface area contributed by atoms with Gasteiger partial charge in [-0.05, 0) is 36.2 Å². The average Bonchev–Trinajstić information content (AvgIpc) is 3.04. The Morgan fingerprint density at radius 1 is 1.10 bits per heavy atom. The zero-order chi connectivity index (χ0) is 20.2. The molecule has 0 atom stereocenters. The van der Waals surface area contributed by atoms with Gasteiger partial charge in [0.2, 0.25) is 5.91 Å². The lowest BCUT2D eigenvalue weighted by atomic mass is 10.1. The van der Waals surface area contributed by atoms with E-state index in [4.69, 9.17) is 0 Å². The first-order valence-electron chi connectivity index (χ1n) is 10.1. The largest absolute Gasteiger partial charge is 0.358 e. The first kappa shape index (κ1) is 19.4. The number of nitrogens with zero attached hydrogens (tertiary/aromatic N) is 2. The van der Waals surface area contributed by atoms with Gasteiger partial charge < -0.3 is 9.88 Å². The van der Waals surface area contributed by atoms with Crippen LogP contribution in [0, 0.1) is 12.7 Å². The molecule has 1 aromatic heterocycles. The number of H-pyrrole nitrogens is 1. The van der Waals surface area contributed by atoms with Crippen molar-refractivity contribution in [3.63, 3.8) is 0 Å². The number of halogens is 1. The monoisotopic (exact) mass is 391 g/mol. The molecule has 150 valence electrons. The molecule has 4 rings (SSSR count). The molecule has 1 fully saturated rings. The van der Waals surface area contributed by atoms with Crippen molar-refractivity contribution in [3.8, 4) is 0 Å². The minimum atomic E-state index is -0.276. The number of rotatable bonds is 5. The maximum atomic E-state index is 13.7. The zero-order valence-corrected chi connectivity index (χ0v) is 16.7. The molecule has 1 aliphatic rings. The molecule has 1 N–H and O–H groups in total. The molecule has 0 unspecified atom stereocenters. The van der Waals surface area contributed by atoms with Gasteiger partial charge in [-0.1, -0.05) is 42.5 Å². The maximum Gasteiger partial charge on any atom is 0.227 e. The van der Waals surface area contributed by atoms with Gasteiger partial charge in [0.25, 0.3) is 0 Å². The molecule has 0 radical (unpaired) electrons. The highest BCUT2D eigenvalue weighted by Gasteiger charge is 2.22. The van der Waals surface area contributed by atoms with Crippen molar-refractivity contribution in [1.82, 2.24) is 14.8 Å². The van der Waals surface area contributed by atoms with Gasteiger partial charge in [0.05, 0.1) is 6.42 Å². The summed E-state index contributed by atoms with van der Waals surface area (Å²) in [4.78, 5) is 20.4. The third-order valence-corrected chi connectivity index (χ3v) is 5.61. The molecule has 1 amide bonds. The lowest BCUT2D eigenvalue weighted by Crippen LogP contribution is -2.49. The number of benzene rings is 2. The van der Waals surface area contributed by atoms with Crippen molar-refractivity contribution >= 4 is 22.9 Å². The molecule has 0 saturated carbocycles. The van der Waals surface area contributed by atoms with Crippen LogP contribution < -0.4 is 0 Å². The van der Waals surface area contributed by atoms with Crippen LogP contribution in [0.1, 0.15) is 16.8 Å². The van der Waals surface area contributed by atoms with Gasteiger partial charge in [0.1, 0.15) is 5.82 Å². The van der Waals surface area contributed by atoms with Gasteiger partial charge in [-0.2, -0.15) is 0 Å². The molecule has 0 spiro atoms. The predicted molar refractivity (Wildman–Crippen MR) is 115 cm³/mol. The second-order valence-electron chi connectivity index (χ2n) is 7.59. The molecule has 0 bridgehead atoms. The van der Waals surface area contributed by atoms with Gasteiger partial charge in [0.15, 0.2) is 0 Å². The molecule has 1 saturated heterocycles. The summed E-state index contributed by atoms with van der Waals surface area (Å²) >= 11 is 0. The molecular formula is C24H26FN3O. The molecule has 3 aromatic rings. The van der Waals surface area contributed by atoms with Gasteiger partial charge >= 0.3 is 0 Å². The summed E-state index contributed by atoms with van der Waals surface area (Å²) in [6, 6.07) is 14.9. The minimum absolute atomic E-state index is 0.109. The van der Waals surface area contributed by atoms with Gasteiger partial charge in [-0.3, -0.25) is 9.69 Å². The number of nitrogens with one attached hydrogen (secondary N) is 1. The first-order chi connectivity index (χ1) is 14.1. The van der Waals surface area contributed by atoms with E-state index in [0.29, 0.717) is 6.42 Å². The number of amides is 1. The Kier molecular flexibility index (Phi) is 5.76. The highest BCUT2D eigenvalue weighted by molar-refractivity contribution is 5.90. The highest BCUT2D eigenvalue weighted by Crippen LogP contribution is 2.24. The van der Waals surface area contributed by atoms with E-state index >= 15 is 0 Å². The SMILES string of the molecule is Cc1[nH]c2ccc(F)cc2c1CC(=O)N1CCN(C/C=C/c2ccccc2)CC1. The summed E-state index contributed by atoms with van der Waals surface area (Å²) in [7, 11) is 0. The Labute approximate surface area is 170 Å². The number of aromatic amines is 1. The second-order valence-corrected chi connectivity index (χ2v) is 7.59. The third kappa shape index (κ3) is 4.57. The topological polar surface area (TPSA) is 39.3 Å².